The Balaban J connectivity index is 1.43. The van der Waals surface area contributed by atoms with E-state index in [0.29, 0.717) is 22.4 Å². The number of aromatic nitrogens is 1. The Hall–Kier alpha value is -3.03. The Bertz CT molecular complexity index is 1050. The summed E-state index contributed by atoms with van der Waals surface area (Å²) in [4.78, 5) is 16.1. The maximum Gasteiger partial charge on any atom is 0.433 e. The second kappa shape index (κ2) is 8.01. The van der Waals surface area contributed by atoms with E-state index in [9.17, 15) is 18.0 Å². The highest BCUT2D eigenvalue weighted by atomic mass is 19.4. The quantitative estimate of drug-likeness (QED) is 0.604. The number of anilines is 1. The minimum atomic E-state index is -4.51. The van der Waals surface area contributed by atoms with Crippen LogP contribution in [0.15, 0.2) is 47.1 Å². The predicted molar refractivity (Wildman–Crippen MR) is 107 cm³/mol. The molecule has 1 aliphatic rings. The lowest BCUT2D eigenvalue weighted by molar-refractivity contribution is -0.140. The lowest BCUT2D eigenvalue weighted by Crippen LogP contribution is -2.40. The molecule has 3 aromatic rings. The maximum atomic E-state index is 13.3. The van der Waals surface area contributed by atoms with Crippen molar-refractivity contribution in [1.29, 1.82) is 0 Å². The molecule has 1 aliphatic carbocycles. The number of nitrogens with one attached hydrogen (secondary N) is 2. The highest BCUT2D eigenvalue weighted by molar-refractivity contribution is 5.93. The minimum Gasteiger partial charge on any atom is -0.459 e. The maximum absolute atomic E-state index is 13.3. The van der Waals surface area contributed by atoms with Gasteiger partial charge >= 0.3 is 6.18 Å². The van der Waals surface area contributed by atoms with Crippen LogP contribution in [0.25, 0.3) is 10.9 Å². The summed E-state index contributed by atoms with van der Waals surface area (Å²) in [5.41, 5.74) is 0.627. The van der Waals surface area contributed by atoms with Gasteiger partial charge in [0.1, 0.15) is 5.69 Å². The highest BCUT2D eigenvalue weighted by Crippen LogP contribution is 2.34. The average Bonchev–Trinajstić information content (AvgIpc) is 3.15. The van der Waals surface area contributed by atoms with Crippen molar-refractivity contribution in [3.63, 3.8) is 0 Å². The van der Waals surface area contributed by atoms with Gasteiger partial charge < -0.3 is 15.1 Å². The molecule has 2 heterocycles. The number of amides is 1. The van der Waals surface area contributed by atoms with Crippen LogP contribution in [-0.4, -0.2) is 23.0 Å². The summed E-state index contributed by atoms with van der Waals surface area (Å²) in [6, 6.07) is 9.66. The third-order valence-electron chi connectivity index (χ3n) is 5.50. The molecule has 0 spiro atoms. The Morgan fingerprint density at radius 3 is 2.47 bits per heavy atom. The smallest absolute Gasteiger partial charge is 0.433 e. The molecule has 30 heavy (non-hydrogen) atoms. The van der Waals surface area contributed by atoms with Crippen LogP contribution >= 0.6 is 0 Å². The van der Waals surface area contributed by atoms with Crippen molar-refractivity contribution in [3.8, 4) is 0 Å². The van der Waals surface area contributed by atoms with Crippen LogP contribution < -0.4 is 10.6 Å². The third-order valence-corrected chi connectivity index (χ3v) is 5.50. The van der Waals surface area contributed by atoms with Crippen LogP contribution in [0.3, 0.4) is 0 Å². The Morgan fingerprint density at radius 1 is 1.10 bits per heavy atom. The van der Waals surface area contributed by atoms with Gasteiger partial charge in [-0.1, -0.05) is 18.2 Å². The number of nitrogens with zero attached hydrogens (tertiary/aromatic N) is 1. The fourth-order valence-corrected chi connectivity index (χ4v) is 3.90. The number of halogens is 3. The highest BCUT2D eigenvalue weighted by Gasteiger charge is 2.34. The summed E-state index contributed by atoms with van der Waals surface area (Å²) in [5.74, 6) is 0.0852. The molecule has 1 aromatic carbocycles. The van der Waals surface area contributed by atoms with Crippen LogP contribution in [0.4, 0.5) is 18.9 Å². The number of furan rings is 1. The standard InChI is InChI=1S/C22H22F3N3O2/c1-13-10-11-30-20(13)21(29)27-15-8-6-14(7-9-15)26-18-12-19(22(23,24)25)28-17-5-3-2-4-16(17)18/h2-5,10-12,14-15H,6-9H2,1H3,(H,26,28)(H,27,29)/t14-,15+. The molecule has 2 aromatic heterocycles. The van der Waals surface area contributed by atoms with Crippen molar-refractivity contribution < 1.29 is 22.4 Å². The van der Waals surface area contributed by atoms with Crippen molar-refractivity contribution in [1.82, 2.24) is 10.3 Å². The zero-order chi connectivity index (χ0) is 21.3. The Labute approximate surface area is 171 Å². The van der Waals surface area contributed by atoms with Crippen molar-refractivity contribution in [2.24, 2.45) is 0 Å². The van der Waals surface area contributed by atoms with Crippen molar-refractivity contribution >= 4 is 22.5 Å². The van der Waals surface area contributed by atoms with Crippen LogP contribution in [0, 0.1) is 6.92 Å². The number of carbonyl (C=O) groups is 1. The number of aryl methyl sites for hydroxylation is 1. The van der Waals surface area contributed by atoms with Gasteiger partial charge in [0.25, 0.3) is 5.91 Å². The lowest BCUT2D eigenvalue weighted by atomic mass is 9.90. The number of fused-ring (bicyclic) bond motifs is 1. The predicted octanol–water partition coefficient (Wildman–Crippen LogP) is 5.31. The van der Waals surface area contributed by atoms with E-state index in [1.165, 1.54) is 6.26 Å². The molecule has 0 aliphatic heterocycles. The van der Waals surface area contributed by atoms with E-state index in [4.69, 9.17) is 4.42 Å². The number of pyridine rings is 1. The second-order valence-electron chi connectivity index (χ2n) is 7.67. The molecular weight excluding hydrogens is 395 g/mol. The van der Waals surface area contributed by atoms with Crippen LogP contribution in [0.5, 0.6) is 0 Å². The molecule has 1 fully saturated rings. The molecule has 2 N–H and O–H groups in total. The molecule has 8 heteroatoms. The molecular formula is C22H22F3N3O2. The number of para-hydroxylation sites is 1. The van der Waals surface area contributed by atoms with Gasteiger partial charge in [0.15, 0.2) is 5.76 Å². The first-order valence-electron chi connectivity index (χ1n) is 9.90. The van der Waals surface area contributed by atoms with E-state index in [2.05, 4.69) is 15.6 Å². The van der Waals surface area contributed by atoms with E-state index in [-0.39, 0.29) is 18.0 Å². The fourth-order valence-electron chi connectivity index (χ4n) is 3.90. The summed E-state index contributed by atoms with van der Waals surface area (Å²) in [6.45, 7) is 1.81. The number of carbonyl (C=O) groups excluding carboxylic acids is 1. The summed E-state index contributed by atoms with van der Waals surface area (Å²) < 4.78 is 45.0. The van der Waals surface area contributed by atoms with Gasteiger partial charge in [0.2, 0.25) is 0 Å². The van der Waals surface area contributed by atoms with E-state index in [1.807, 2.05) is 6.92 Å². The first-order valence-corrected chi connectivity index (χ1v) is 9.90. The topological polar surface area (TPSA) is 67.2 Å². The van der Waals surface area contributed by atoms with Crippen LogP contribution in [0.1, 0.15) is 47.5 Å². The van der Waals surface area contributed by atoms with Gasteiger partial charge in [-0.3, -0.25) is 4.79 Å². The van der Waals surface area contributed by atoms with Gasteiger partial charge in [0, 0.05) is 28.7 Å². The SMILES string of the molecule is Cc1ccoc1C(=O)N[C@H]1CC[C@@H](Nc2cc(C(F)(F)F)nc3ccccc23)CC1. The van der Waals surface area contributed by atoms with Crippen molar-refractivity contribution in [3.05, 3.63) is 59.7 Å². The van der Waals surface area contributed by atoms with E-state index in [0.717, 1.165) is 37.3 Å². The third kappa shape index (κ3) is 4.27. The lowest BCUT2D eigenvalue weighted by Gasteiger charge is -2.30. The first kappa shape index (κ1) is 20.3. The number of hydrogen-bond acceptors (Lipinski definition) is 4. The summed E-state index contributed by atoms with van der Waals surface area (Å²) in [7, 11) is 0. The van der Waals surface area contributed by atoms with Gasteiger partial charge in [0.05, 0.1) is 11.8 Å². The zero-order valence-electron chi connectivity index (χ0n) is 16.4. The largest absolute Gasteiger partial charge is 0.459 e. The monoisotopic (exact) mass is 417 g/mol. The number of hydrogen-bond donors (Lipinski definition) is 2. The van der Waals surface area contributed by atoms with Gasteiger partial charge in [-0.25, -0.2) is 4.98 Å². The molecule has 158 valence electrons. The normalized spacial score (nSPS) is 19.6. The van der Waals surface area contributed by atoms with E-state index >= 15 is 0 Å². The summed E-state index contributed by atoms with van der Waals surface area (Å²) in [5, 5.41) is 6.92. The molecule has 1 amide bonds. The Kier molecular flexibility index (Phi) is 5.40. The van der Waals surface area contributed by atoms with E-state index < -0.39 is 11.9 Å². The molecule has 0 atom stereocenters. The summed E-state index contributed by atoms with van der Waals surface area (Å²) >= 11 is 0. The number of alkyl halides is 3. The van der Waals surface area contributed by atoms with Crippen molar-refractivity contribution in [2.75, 3.05) is 5.32 Å². The molecule has 0 unspecified atom stereocenters. The molecule has 5 nitrogen and oxygen atoms in total. The van der Waals surface area contributed by atoms with Crippen LogP contribution in [-0.2, 0) is 6.18 Å². The van der Waals surface area contributed by atoms with Gasteiger partial charge in [-0.05, 0) is 50.8 Å². The van der Waals surface area contributed by atoms with Gasteiger partial charge in [-0.15, -0.1) is 0 Å². The zero-order valence-corrected chi connectivity index (χ0v) is 16.4. The first-order chi connectivity index (χ1) is 14.3. The average molecular weight is 417 g/mol. The Morgan fingerprint density at radius 2 is 1.80 bits per heavy atom. The second-order valence-corrected chi connectivity index (χ2v) is 7.67. The molecule has 4 rings (SSSR count). The summed E-state index contributed by atoms with van der Waals surface area (Å²) in [6.07, 6.45) is -0.0809. The van der Waals surface area contributed by atoms with Crippen LogP contribution in [0.2, 0.25) is 0 Å². The minimum absolute atomic E-state index is 0.0139. The van der Waals surface area contributed by atoms with Gasteiger partial charge in [-0.2, -0.15) is 13.2 Å². The molecule has 1 saturated carbocycles. The number of rotatable bonds is 4. The molecule has 0 bridgehead atoms. The molecule has 0 saturated heterocycles. The fraction of sp³-hybridized carbons (Fsp3) is 0.364. The number of benzene rings is 1. The van der Waals surface area contributed by atoms with E-state index in [1.54, 1.807) is 30.3 Å². The molecule has 0 radical (unpaired) electrons. The van der Waals surface area contributed by atoms with Crippen molar-refractivity contribution in [2.45, 2.75) is 50.9 Å².